The van der Waals surface area contributed by atoms with E-state index in [1.165, 1.54) is 71.5 Å². The van der Waals surface area contributed by atoms with Gasteiger partial charge in [0.05, 0.1) is 0 Å². The van der Waals surface area contributed by atoms with E-state index in [1.54, 1.807) is 6.92 Å². The van der Waals surface area contributed by atoms with Gasteiger partial charge < -0.3 is 15.1 Å². The number of carbonyl (C=O) groups is 1. The maximum absolute atomic E-state index is 11.0. The van der Waals surface area contributed by atoms with Crippen molar-refractivity contribution in [3.63, 3.8) is 0 Å². The molecule has 1 atom stereocenters. The molecule has 1 saturated carbocycles. The summed E-state index contributed by atoms with van der Waals surface area (Å²) >= 11 is 0. The summed E-state index contributed by atoms with van der Waals surface area (Å²) in [6.07, 6.45) is 8.15. The Morgan fingerprint density at radius 1 is 1.10 bits per heavy atom. The van der Waals surface area contributed by atoms with E-state index in [1.807, 2.05) is 19.9 Å². The molecule has 0 radical (unpaired) electrons. The van der Waals surface area contributed by atoms with E-state index in [-0.39, 0.29) is 5.91 Å². The van der Waals surface area contributed by atoms with Crippen molar-refractivity contribution in [2.45, 2.75) is 78.8 Å². The minimum atomic E-state index is 0.132. The Labute approximate surface area is 180 Å². The first-order chi connectivity index (χ1) is 13.9. The minimum Gasteiger partial charge on any atom is -0.353 e. The van der Waals surface area contributed by atoms with E-state index in [9.17, 15) is 4.79 Å². The number of nitrogens with one attached hydrogen (secondary N) is 1. The lowest BCUT2D eigenvalue weighted by Gasteiger charge is -2.53. The van der Waals surface area contributed by atoms with E-state index < -0.39 is 0 Å². The van der Waals surface area contributed by atoms with Crippen molar-refractivity contribution in [2.24, 2.45) is 5.41 Å². The van der Waals surface area contributed by atoms with Gasteiger partial charge in [0.25, 0.3) is 0 Å². The van der Waals surface area contributed by atoms with Crippen LogP contribution in [0.5, 0.6) is 0 Å². The molecule has 1 N–H and O–H groups in total. The van der Waals surface area contributed by atoms with Crippen LogP contribution >= 0.6 is 0 Å². The van der Waals surface area contributed by atoms with Gasteiger partial charge in [-0.1, -0.05) is 19.9 Å². The summed E-state index contributed by atoms with van der Waals surface area (Å²) in [6.45, 7) is 22.4. The van der Waals surface area contributed by atoms with Gasteiger partial charge >= 0.3 is 0 Å². The highest BCUT2D eigenvalue weighted by Gasteiger charge is 2.47. The number of nitrogens with zero attached hydrogens (tertiary/aromatic N) is 3. The predicted molar refractivity (Wildman–Crippen MR) is 125 cm³/mol. The molecule has 0 bridgehead atoms. The van der Waals surface area contributed by atoms with E-state index in [2.05, 4.69) is 47.5 Å². The van der Waals surface area contributed by atoms with Crippen LogP contribution in [0, 0.1) is 5.41 Å². The third-order valence-electron chi connectivity index (χ3n) is 6.82. The van der Waals surface area contributed by atoms with Gasteiger partial charge in [-0.2, -0.15) is 0 Å². The van der Waals surface area contributed by atoms with Gasteiger partial charge in [0.2, 0.25) is 5.91 Å². The second kappa shape index (κ2) is 13.4. The van der Waals surface area contributed by atoms with E-state index >= 15 is 0 Å². The number of piperidine rings is 1. The van der Waals surface area contributed by atoms with Crippen LogP contribution in [0.1, 0.15) is 66.7 Å². The average molecular weight is 409 g/mol. The van der Waals surface area contributed by atoms with E-state index in [0.29, 0.717) is 17.5 Å². The molecule has 2 heterocycles. The summed E-state index contributed by atoms with van der Waals surface area (Å²) in [7, 11) is 2.18. The molecule has 0 aromatic heterocycles. The van der Waals surface area contributed by atoms with Gasteiger partial charge in [0.15, 0.2) is 0 Å². The largest absolute Gasteiger partial charge is 0.353 e. The molecule has 3 rings (SSSR count). The fourth-order valence-corrected chi connectivity index (χ4v) is 4.61. The Kier molecular flexibility index (Phi) is 12.1. The van der Waals surface area contributed by atoms with Crippen LogP contribution in [0.2, 0.25) is 0 Å². The van der Waals surface area contributed by atoms with Crippen molar-refractivity contribution in [1.29, 1.82) is 0 Å². The molecule has 1 amide bonds. The maximum Gasteiger partial charge on any atom is 0.217 e. The zero-order valence-electron chi connectivity index (χ0n) is 20.2. The number of carbonyl (C=O) groups excluding carboxylic acids is 1. The lowest BCUT2D eigenvalue weighted by Crippen LogP contribution is -2.58. The molecule has 0 aromatic carbocycles. The first-order valence-electron chi connectivity index (χ1n) is 11.9. The second-order valence-corrected chi connectivity index (χ2v) is 9.01. The van der Waals surface area contributed by atoms with Crippen molar-refractivity contribution in [2.75, 3.05) is 52.9 Å². The minimum absolute atomic E-state index is 0.132. The number of hydrogen-bond donors (Lipinski definition) is 1. The standard InChI is InChI=1S/C11H20N2O.C11H22N2.C2H6/c1-9(14)12-10-3-4-11(10)5-7-13(2)8-6-11;1-4-5-6-12-7-9-13(10-8-12)11(2)3;1-2/h10H,3-8H2,1-2H3,(H,12,14);4,11H,1,5-10H2,2-3H3;1-2H3. The van der Waals surface area contributed by atoms with Crippen LogP contribution in [-0.2, 0) is 4.79 Å². The third-order valence-corrected chi connectivity index (χ3v) is 6.82. The topological polar surface area (TPSA) is 38.8 Å². The highest BCUT2D eigenvalue weighted by molar-refractivity contribution is 5.73. The lowest BCUT2D eigenvalue weighted by atomic mass is 9.59. The van der Waals surface area contributed by atoms with Crippen molar-refractivity contribution in [1.82, 2.24) is 20.0 Å². The van der Waals surface area contributed by atoms with Crippen molar-refractivity contribution < 1.29 is 4.79 Å². The lowest BCUT2D eigenvalue weighted by molar-refractivity contribution is -0.123. The zero-order chi connectivity index (χ0) is 21.9. The fraction of sp³-hybridized carbons (Fsp3) is 0.875. The Morgan fingerprint density at radius 2 is 1.69 bits per heavy atom. The summed E-state index contributed by atoms with van der Waals surface area (Å²) in [5.41, 5.74) is 0.457. The molecule has 1 unspecified atom stereocenters. The molecule has 1 aliphatic carbocycles. The maximum atomic E-state index is 11.0. The number of likely N-dealkylation sites (tertiary alicyclic amines) is 1. The van der Waals surface area contributed by atoms with Crippen molar-refractivity contribution in [3.05, 3.63) is 12.7 Å². The van der Waals surface area contributed by atoms with Gasteiger partial charge in [0.1, 0.15) is 0 Å². The quantitative estimate of drug-likeness (QED) is 0.705. The number of hydrogen-bond acceptors (Lipinski definition) is 4. The molecule has 1 spiro atoms. The molecule has 5 heteroatoms. The number of piperazine rings is 1. The summed E-state index contributed by atoms with van der Waals surface area (Å²) in [5.74, 6) is 0.132. The second-order valence-electron chi connectivity index (χ2n) is 9.01. The van der Waals surface area contributed by atoms with Gasteiger partial charge in [-0.25, -0.2) is 0 Å². The Hall–Kier alpha value is -0.910. The number of rotatable bonds is 5. The smallest absolute Gasteiger partial charge is 0.217 e. The monoisotopic (exact) mass is 408 g/mol. The van der Waals surface area contributed by atoms with Crippen LogP contribution in [0.3, 0.4) is 0 Å². The van der Waals surface area contributed by atoms with Crippen LogP contribution in [0.15, 0.2) is 12.7 Å². The molecule has 0 aromatic rings. The number of amides is 1. The van der Waals surface area contributed by atoms with E-state index in [4.69, 9.17) is 0 Å². The summed E-state index contributed by atoms with van der Waals surface area (Å²) in [5, 5.41) is 3.10. The molecular weight excluding hydrogens is 360 g/mol. The Bertz CT molecular complexity index is 464. The molecule has 170 valence electrons. The zero-order valence-corrected chi connectivity index (χ0v) is 20.2. The van der Waals surface area contributed by atoms with Gasteiger partial charge in [-0.05, 0) is 71.5 Å². The van der Waals surface area contributed by atoms with Crippen molar-refractivity contribution in [3.8, 4) is 0 Å². The molecule has 29 heavy (non-hydrogen) atoms. The van der Waals surface area contributed by atoms with Gasteiger partial charge in [-0.3, -0.25) is 9.69 Å². The predicted octanol–water partition coefficient (Wildman–Crippen LogP) is 3.61. The SMILES string of the molecule is C=CCCN1CCN(C(C)C)CC1.CC.CC(=O)NC1CCC12CCN(C)CC2. The highest BCUT2D eigenvalue weighted by atomic mass is 16.1. The summed E-state index contributed by atoms with van der Waals surface area (Å²) < 4.78 is 0. The summed E-state index contributed by atoms with van der Waals surface area (Å²) in [4.78, 5) is 18.5. The van der Waals surface area contributed by atoms with E-state index in [0.717, 1.165) is 6.42 Å². The molecule has 2 saturated heterocycles. The molecule has 3 fully saturated rings. The van der Waals surface area contributed by atoms with Crippen LogP contribution in [0.25, 0.3) is 0 Å². The van der Waals surface area contributed by atoms with Crippen LogP contribution < -0.4 is 5.32 Å². The van der Waals surface area contributed by atoms with Crippen LogP contribution in [-0.4, -0.2) is 85.6 Å². The van der Waals surface area contributed by atoms with Gasteiger partial charge in [-0.15, -0.1) is 6.58 Å². The molecule has 2 aliphatic heterocycles. The first kappa shape index (κ1) is 26.1. The normalized spacial score (nSPS) is 24.6. The van der Waals surface area contributed by atoms with Crippen molar-refractivity contribution >= 4 is 5.91 Å². The molecule has 3 aliphatic rings. The first-order valence-corrected chi connectivity index (χ1v) is 11.9. The third kappa shape index (κ3) is 8.39. The molecular formula is C24H48N4O. The van der Waals surface area contributed by atoms with Crippen LogP contribution in [0.4, 0.5) is 0 Å². The molecule has 5 nitrogen and oxygen atoms in total. The Morgan fingerprint density at radius 3 is 2.10 bits per heavy atom. The van der Waals surface area contributed by atoms with Gasteiger partial charge in [0, 0.05) is 51.7 Å². The Balaban J connectivity index is 0.000000268. The summed E-state index contributed by atoms with van der Waals surface area (Å²) in [6, 6.07) is 1.18. The average Bonchev–Trinajstić information content (AvgIpc) is 2.72. The fourth-order valence-electron chi connectivity index (χ4n) is 4.61. The highest BCUT2D eigenvalue weighted by Crippen LogP contribution is 2.48.